The number of rotatable bonds is 4. The van der Waals surface area contributed by atoms with Crippen molar-refractivity contribution in [2.45, 2.75) is 55.4 Å². The van der Waals surface area contributed by atoms with Crippen LogP contribution in [-0.2, 0) is 19.2 Å². The van der Waals surface area contributed by atoms with Crippen LogP contribution in [0.2, 0.25) is 0 Å². The molecule has 22 nitrogen and oxygen atoms in total. The third-order valence-electron chi connectivity index (χ3n) is 11.2. The molecule has 0 bridgehead atoms. The van der Waals surface area contributed by atoms with E-state index in [-0.39, 0.29) is 255 Å². The van der Waals surface area contributed by atoms with Crippen molar-refractivity contribution in [3.8, 4) is 34.5 Å². The molecule has 0 fully saturated rings. The van der Waals surface area contributed by atoms with E-state index < -0.39 is 0 Å². The number of benzene rings is 6. The zero-order valence-corrected chi connectivity index (χ0v) is 68.7. The van der Waals surface area contributed by atoms with E-state index >= 15 is 0 Å². The number of nitrogens with zero attached hydrogens (tertiary/aromatic N) is 6. The molecule has 0 amide bonds. The van der Waals surface area contributed by atoms with Gasteiger partial charge in [-0.3, -0.25) is 49.1 Å². The van der Waals surface area contributed by atoms with Gasteiger partial charge in [-0.2, -0.15) is 0 Å². The minimum atomic E-state index is -0.187. The van der Waals surface area contributed by atoms with E-state index in [2.05, 4.69) is 29.9 Å². The molecule has 568 valence electrons. The predicted molar refractivity (Wildman–Crippen MR) is 382 cm³/mol. The van der Waals surface area contributed by atoms with E-state index in [1.807, 2.05) is 109 Å². The Balaban J connectivity index is -0.000000260. The van der Waals surface area contributed by atoms with Gasteiger partial charge in [0.05, 0.1) is 43.8 Å². The van der Waals surface area contributed by atoms with Gasteiger partial charge >= 0.3 is 153 Å². The van der Waals surface area contributed by atoms with Gasteiger partial charge in [-0.15, -0.1) is 69.4 Å². The molecule has 106 heavy (non-hydrogen) atoms. The van der Waals surface area contributed by atoms with Crippen LogP contribution in [0.15, 0.2) is 267 Å². The van der Waals surface area contributed by atoms with Crippen LogP contribution >= 0.6 is 46.4 Å². The van der Waals surface area contributed by atoms with Gasteiger partial charge in [0, 0.05) is 37.2 Å². The Labute approximate surface area is 755 Å². The molecule has 0 saturated carbocycles. The molecule has 2 N–H and O–H groups in total. The number of allylic oxidation sites excluding steroid dienone is 8. The maximum atomic E-state index is 11.1. The normalized spacial score (nSPS) is 9.70. The van der Waals surface area contributed by atoms with E-state index in [0.717, 1.165) is 56.6 Å². The van der Waals surface area contributed by atoms with Crippen LogP contribution < -0.4 is 51.1 Å². The Morgan fingerprint density at radius 1 is 0.264 bits per heavy atom. The summed E-state index contributed by atoms with van der Waals surface area (Å²) in [6.45, 7) is 10.8. The topological polar surface area (TPSA) is 436 Å². The van der Waals surface area contributed by atoms with E-state index in [1.165, 1.54) is 91.8 Å². The van der Waals surface area contributed by atoms with E-state index in [1.54, 1.807) is 73.6 Å². The van der Waals surface area contributed by atoms with Crippen LogP contribution in [-0.4, -0.2) is 74.7 Å². The van der Waals surface area contributed by atoms with Crippen molar-refractivity contribution in [1.29, 1.82) is 0 Å². The van der Waals surface area contributed by atoms with Gasteiger partial charge in [0.2, 0.25) is 0 Å². The first-order chi connectivity index (χ1) is 47.6. The summed E-state index contributed by atoms with van der Waals surface area (Å²) >= 11 is 19.1. The summed E-state index contributed by atoms with van der Waals surface area (Å²) in [5.74, 6) is -1.57. The maximum absolute atomic E-state index is 11.1. The molecule has 0 aliphatic rings. The van der Waals surface area contributed by atoms with Gasteiger partial charge in [0.1, 0.15) is 0 Å². The van der Waals surface area contributed by atoms with E-state index in [4.69, 9.17) is 46.4 Å². The van der Waals surface area contributed by atoms with Crippen LogP contribution in [0.3, 0.4) is 0 Å². The van der Waals surface area contributed by atoms with Crippen molar-refractivity contribution in [2.24, 2.45) is 0 Å². The molecule has 12 aromatic rings. The number of carbonyl (C=O) groups is 4. The third-order valence-corrected chi connectivity index (χ3v) is 11.2. The maximum Gasteiger partial charge on any atom is 3.00 e. The number of fused-ring (bicyclic) bond motifs is 6. The largest absolute Gasteiger partial charge is 3.00 e. The second-order valence-electron chi connectivity index (χ2n) is 19.7. The van der Waals surface area contributed by atoms with Crippen LogP contribution in [0.1, 0.15) is 55.4 Å². The second kappa shape index (κ2) is 65.7. The minimum Gasteiger partial charge on any atom is -0.876 e. The zero-order valence-electron chi connectivity index (χ0n) is 57.6. The molecule has 0 spiro atoms. The van der Waals surface area contributed by atoms with Crippen molar-refractivity contribution in [2.75, 3.05) is 10.7 Å². The van der Waals surface area contributed by atoms with Gasteiger partial charge in [0.15, 0.2) is 23.1 Å². The summed E-state index contributed by atoms with van der Waals surface area (Å²) in [7, 11) is 0. The SMILES string of the molecule is CC(=O)/C=C(/C)[O-].CC(=O)/C=C(/C)[O-].CC(=O)/C=C(/C)[O-].CC(=O)/C=C(/C)[O-].ClCCl.ClCCl.[Dy+3].[Dy+3].[Dy+3].[Dy+3].[O-]c1cccc2cccnc12.[O-]c1cccc2cccnc12.[O-]c1cccc2cccnc12.[O-]c1cccc2cccnc12.[O-]c1cccc2cccnc12.[O-]c1cccc2cccnc12.[OH-].[OH-]. The second-order valence-corrected chi connectivity index (χ2v) is 21.3. The van der Waals surface area contributed by atoms with Crippen LogP contribution in [0, 0.1) is 153 Å². The molecule has 0 aliphatic carbocycles. The fourth-order valence-corrected chi connectivity index (χ4v) is 7.60. The van der Waals surface area contributed by atoms with Crippen molar-refractivity contribution in [3.63, 3.8) is 0 Å². The molecule has 6 heterocycles. The molecule has 0 saturated heterocycles. The van der Waals surface area contributed by atoms with Crippen LogP contribution in [0.4, 0.5) is 0 Å². The number of hydrogen-bond acceptors (Lipinski definition) is 22. The number of alkyl halides is 4. The average molecular weight is 2120 g/mol. The number of pyridine rings is 6. The summed E-state index contributed by atoms with van der Waals surface area (Å²) in [5.41, 5.74) is 3.31. The summed E-state index contributed by atoms with van der Waals surface area (Å²) in [6.07, 6.45) is 14.0. The van der Waals surface area contributed by atoms with Gasteiger partial charge in [0.25, 0.3) is 0 Å². The van der Waals surface area contributed by atoms with Crippen molar-refractivity contribution >= 4 is 135 Å². The molecule has 6 aromatic carbocycles. The predicted octanol–water partition coefficient (Wildman–Crippen LogP) is 9.70. The third kappa shape index (κ3) is 49.5. The summed E-state index contributed by atoms with van der Waals surface area (Å²) in [6, 6.07) is 53.1. The molecule has 0 aliphatic heterocycles. The Morgan fingerprint density at radius 3 is 0.462 bits per heavy atom. The molecular formula is C76H70Cl4Dy4N6O16. The van der Waals surface area contributed by atoms with Gasteiger partial charge in [-0.05, 0) is 121 Å². The monoisotopic (exact) mass is 2120 g/mol. The number of carbonyl (C=O) groups excluding carboxylic acids is 4. The number of ketones is 4. The molecule has 0 atom stereocenters. The summed E-state index contributed by atoms with van der Waals surface area (Å²) in [4.78, 5) is 63.7. The van der Waals surface area contributed by atoms with E-state index in [9.17, 15) is 70.2 Å². The number of aromatic nitrogens is 6. The molecule has 0 unspecified atom stereocenters. The first kappa shape index (κ1) is 111. The van der Waals surface area contributed by atoms with Crippen molar-refractivity contribution in [3.05, 3.63) is 267 Å². The zero-order chi connectivity index (χ0) is 75.0. The van der Waals surface area contributed by atoms with Crippen LogP contribution in [0.5, 0.6) is 34.5 Å². The average Bonchev–Trinajstić information content (AvgIpc) is 0.891. The summed E-state index contributed by atoms with van der Waals surface area (Å²) in [5, 5.41) is 112. The number of para-hydroxylation sites is 6. The Morgan fingerprint density at radius 2 is 0.377 bits per heavy atom. The fourth-order valence-electron chi connectivity index (χ4n) is 7.60. The Bertz CT molecular complexity index is 3890. The molecule has 4 radical (unpaired) electrons. The molecular weight excluding hydrogens is 2040 g/mol. The molecule has 12 rings (SSSR count). The minimum absolute atomic E-state index is 0. The van der Waals surface area contributed by atoms with Gasteiger partial charge < -0.3 is 62.0 Å². The molecule has 30 heteroatoms. The smallest absolute Gasteiger partial charge is 0.876 e. The van der Waals surface area contributed by atoms with Crippen LogP contribution in [0.25, 0.3) is 65.4 Å². The Hall–Kier alpha value is -6.41. The van der Waals surface area contributed by atoms with Gasteiger partial charge in [-0.25, -0.2) is 0 Å². The van der Waals surface area contributed by atoms with Gasteiger partial charge in [-0.1, -0.05) is 208 Å². The first-order valence-corrected chi connectivity index (χ1v) is 31.5. The Kier molecular flexibility index (Phi) is 68.5. The fraction of sp³-hybridized carbons (Fsp3) is 0.132. The van der Waals surface area contributed by atoms with E-state index in [0.29, 0.717) is 33.1 Å². The quantitative estimate of drug-likeness (QED) is 0.0898. The summed E-state index contributed by atoms with van der Waals surface area (Å²) < 4.78 is 0. The van der Waals surface area contributed by atoms with Crippen molar-refractivity contribution < 1.29 is 234 Å². The first-order valence-electron chi connectivity index (χ1n) is 29.3. The standard InChI is InChI=1S/6C9H7NO.4C5H8O2.2CH2Cl2.4Dy.2H2O/c6*11-8-5-1-3-7-4-2-6-10-9(7)8;4*1-4(6)3-5(2)7;2*2-1-3;;;;;;/h6*1-6,11H;4*3,6H,1-2H3;2*1H2;;;;;2*1H2/q;;;;;;;;;;;;4*+3;;/p-12/b;;;;;;4*4-3-;;;;;;;;. The van der Waals surface area contributed by atoms with Crippen molar-refractivity contribution in [1.82, 2.24) is 29.9 Å². The number of halogens is 4. The molecule has 6 aromatic heterocycles. The number of hydrogen-bond donors (Lipinski definition) is 0.